The minimum absolute atomic E-state index is 0.0748. The van der Waals surface area contributed by atoms with Crippen LogP contribution < -0.4 is 11.1 Å². The highest BCUT2D eigenvalue weighted by molar-refractivity contribution is 6.03. The predicted octanol–water partition coefficient (Wildman–Crippen LogP) is 6.21. The van der Waals surface area contributed by atoms with Gasteiger partial charge in [0.25, 0.3) is 5.91 Å². The highest BCUT2D eigenvalue weighted by Crippen LogP contribution is 2.26. The van der Waals surface area contributed by atoms with Crippen molar-refractivity contribution in [2.75, 3.05) is 32.1 Å². The predicted molar refractivity (Wildman–Crippen MR) is 192 cm³/mol. The third-order valence-electron chi connectivity index (χ3n) is 8.44. The molecule has 2 rings (SSSR count). The lowest BCUT2D eigenvalue weighted by atomic mass is 10.0. The molecule has 0 radical (unpaired) electrons. The van der Waals surface area contributed by atoms with Crippen LogP contribution in [0.3, 0.4) is 0 Å². The van der Waals surface area contributed by atoms with Gasteiger partial charge in [0.2, 0.25) is 0 Å². The molecule has 1 aromatic heterocycles. The van der Waals surface area contributed by atoms with Crippen LogP contribution in [0.5, 0.6) is 0 Å². The Morgan fingerprint density at radius 3 is 2.44 bits per heavy atom. The number of aromatic nitrogens is 2. The molecule has 0 saturated heterocycles. The van der Waals surface area contributed by atoms with Gasteiger partial charge < -0.3 is 30.0 Å². The molecule has 1 aromatic carbocycles. The highest BCUT2D eigenvalue weighted by Gasteiger charge is 2.34. The third kappa shape index (κ3) is 11.6. The number of unbranched alkanes of at least 4 members (excludes halogenated alkanes) is 3. The Kier molecular flexibility index (Phi) is 16.6. The van der Waals surface area contributed by atoms with E-state index in [2.05, 4.69) is 22.2 Å². The first-order valence-electron chi connectivity index (χ1n) is 16.9. The van der Waals surface area contributed by atoms with Crippen molar-refractivity contribution in [2.45, 2.75) is 98.6 Å². The number of nitrogens with zero attached hydrogens (tertiary/aromatic N) is 5. The van der Waals surface area contributed by atoms with Gasteiger partial charge in [-0.2, -0.15) is 4.99 Å². The Hall–Kier alpha value is -4.48. The number of anilines is 1. The molecule has 2 amide bonds. The van der Waals surface area contributed by atoms with Crippen LogP contribution >= 0.6 is 0 Å². The van der Waals surface area contributed by atoms with Gasteiger partial charge in [-0.1, -0.05) is 40.0 Å². The van der Waals surface area contributed by atoms with Crippen molar-refractivity contribution in [3.05, 3.63) is 52.6 Å². The summed E-state index contributed by atoms with van der Waals surface area (Å²) in [6.07, 6.45) is 8.70. The Morgan fingerprint density at radius 2 is 1.83 bits per heavy atom. The van der Waals surface area contributed by atoms with Crippen molar-refractivity contribution in [2.24, 2.45) is 22.8 Å². The number of benzene rings is 1. The van der Waals surface area contributed by atoms with Gasteiger partial charge in [0.05, 0.1) is 25.8 Å². The second kappa shape index (κ2) is 20.0. The largest absolute Gasteiger partial charge is 0.469 e. The summed E-state index contributed by atoms with van der Waals surface area (Å²) in [5.74, 6) is 0.412. The number of hydrogen-bond donors (Lipinski definition) is 2. The van der Waals surface area contributed by atoms with E-state index in [1.54, 1.807) is 23.2 Å². The van der Waals surface area contributed by atoms with Crippen LogP contribution in [0.15, 0.2) is 39.8 Å². The maximum absolute atomic E-state index is 13.9. The Bertz CT molecular complexity index is 1450. The van der Waals surface area contributed by atoms with Crippen molar-refractivity contribution in [1.82, 2.24) is 14.5 Å². The van der Waals surface area contributed by atoms with E-state index in [9.17, 15) is 14.4 Å². The summed E-state index contributed by atoms with van der Waals surface area (Å²) in [6, 6.07) is 7.36. The second-order valence-corrected chi connectivity index (χ2v) is 11.7. The van der Waals surface area contributed by atoms with Crippen molar-refractivity contribution in [1.29, 1.82) is 0 Å². The van der Waals surface area contributed by atoms with Crippen LogP contribution in [0.2, 0.25) is 0 Å². The van der Waals surface area contributed by atoms with E-state index in [0.717, 1.165) is 48.6 Å². The molecule has 3 N–H and O–H groups in total. The van der Waals surface area contributed by atoms with Crippen LogP contribution in [0.25, 0.3) is 6.08 Å². The molecule has 2 aromatic rings. The third-order valence-corrected chi connectivity index (χ3v) is 8.44. The number of hydrogen-bond acceptors (Lipinski definition) is 8. The molecule has 12 heteroatoms. The van der Waals surface area contributed by atoms with Crippen LogP contribution in [-0.2, 0) is 32.5 Å². The minimum Gasteiger partial charge on any atom is -0.469 e. The number of rotatable bonds is 19. The van der Waals surface area contributed by atoms with Gasteiger partial charge >= 0.3 is 12.1 Å². The van der Waals surface area contributed by atoms with E-state index in [0.29, 0.717) is 43.6 Å². The fourth-order valence-corrected chi connectivity index (χ4v) is 5.13. The molecule has 0 aliphatic heterocycles. The molecule has 1 unspecified atom stereocenters. The van der Waals surface area contributed by atoms with E-state index < -0.39 is 11.8 Å². The molecule has 12 nitrogen and oxygen atoms in total. The summed E-state index contributed by atoms with van der Waals surface area (Å²) >= 11 is 0. The molecular weight excluding hydrogens is 610 g/mol. The zero-order valence-corrected chi connectivity index (χ0v) is 30.1. The topological polar surface area (TPSA) is 154 Å². The number of nitrogens with two attached hydrogens (primary N) is 1. The normalized spacial score (nSPS) is 13.3. The van der Waals surface area contributed by atoms with Gasteiger partial charge in [0.15, 0.2) is 0 Å². The molecule has 48 heavy (non-hydrogen) atoms. The summed E-state index contributed by atoms with van der Waals surface area (Å²) in [5.41, 5.74) is 8.98. The minimum atomic E-state index is -0.805. The van der Waals surface area contributed by atoms with Crippen molar-refractivity contribution in [3.63, 3.8) is 0 Å². The zero-order valence-electron chi connectivity index (χ0n) is 30.1. The van der Waals surface area contributed by atoms with Gasteiger partial charge in [-0.05, 0) is 76.6 Å². The summed E-state index contributed by atoms with van der Waals surface area (Å²) in [6.45, 7) is 12.9. The molecule has 0 saturated carbocycles. The first kappa shape index (κ1) is 39.7. The fraction of sp³-hybridized carbons (Fsp3) is 0.556. The number of carbonyl (C=O) groups is 3. The summed E-state index contributed by atoms with van der Waals surface area (Å²) in [7, 11) is 3.30. The van der Waals surface area contributed by atoms with Crippen LogP contribution in [0, 0.1) is 6.92 Å². The molecule has 0 bridgehead atoms. The summed E-state index contributed by atoms with van der Waals surface area (Å²) < 4.78 is 12.0. The average molecular weight is 666 g/mol. The Morgan fingerprint density at radius 1 is 1.12 bits per heavy atom. The van der Waals surface area contributed by atoms with E-state index in [-0.39, 0.29) is 30.7 Å². The van der Waals surface area contributed by atoms with Crippen LogP contribution in [0.4, 0.5) is 10.5 Å². The molecule has 0 fully saturated rings. The van der Waals surface area contributed by atoms with E-state index in [1.165, 1.54) is 7.11 Å². The first-order valence-corrected chi connectivity index (χ1v) is 16.9. The average Bonchev–Trinajstić information content (AvgIpc) is 3.34. The number of aliphatic imine (C=N–C) groups is 2. The Labute approximate surface area is 285 Å². The lowest BCUT2D eigenvalue weighted by molar-refractivity contribution is -0.142. The molecule has 1 atom stereocenters. The number of esters is 1. The number of nitrogens with one attached hydrogen (secondary N) is 1. The lowest BCUT2D eigenvalue weighted by Gasteiger charge is -2.38. The van der Waals surface area contributed by atoms with Crippen molar-refractivity contribution < 1.29 is 23.9 Å². The molecule has 264 valence electrons. The van der Waals surface area contributed by atoms with Gasteiger partial charge in [-0.3, -0.25) is 14.6 Å². The number of amides is 2. The van der Waals surface area contributed by atoms with E-state index in [4.69, 9.17) is 20.2 Å². The Balaban J connectivity index is 2.11. The zero-order chi connectivity index (χ0) is 35.7. The maximum Gasteiger partial charge on any atom is 0.435 e. The van der Waals surface area contributed by atoms with Gasteiger partial charge in [0, 0.05) is 49.1 Å². The first-order chi connectivity index (χ1) is 22.9. The summed E-state index contributed by atoms with van der Waals surface area (Å²) in [4.78, 5) is 52.9. The standard InChI is InChI=1S/C36H55N7O5/c1-9-13-14-15-24-48-35(46)41-33(37)28-16-18-29(19-17-28)38-22-20-31-40-30(26(5)42(31)7)25-27(10-2)34(45)43(23-21-32(44)47-8)36(6,11-3)39-12-4/h12,16-19,25,38H,9-11,13-15,20-24H2,1-8H3,(H2,37,41,46). The quantitative estimate of drug-likeness (QED) is 0.0591. The molecule has 0 aliphatic rings. The smallest absolute Gasteiger partial charge is 0.435 e. The second-order valence-electron chi connectivity index (χ2n) is 11.7. The highest BCUT2D eigenvalue weighted by atomic mass is 16.5. The molecule has 0 aliphatic carbocycles. The monoisotopic (exact) mass is 665 g/mol. The number of amidine groups is 1. The lowest BCUT2D eigenvalue weighted by Crippen LogP contribution is -2.49. The molecule has 0 spiro atoms. The number of imidazole rings is 1. The summed E-state index contributed by atoms with van der Waals surface area (Å²) in [5, 5.41) is 3.40. The molecular formula is C36H55N7O5. The van der Waals surface area contributed by atoms with Crippen LogP contribution in [-0.4, -0.2) is 76.9 Å². The number of carbonyl (C=O) groups excluding carboxylic acids is 3. The van der Waals surface area contributed by atoms with Crippen molar-refractivity contribution >= 4 is 41.8 Å². The number of methoxy groups -OCH3 is 1. The van der Waals surface area contributed by atoms with Gasteiger partial charge in [-0.25, -0.2) is 9.78 Å². The number of ether oxygens (including phenoxy) is 2. The van der Waals surface area contributed by atoms with Gasteiger partial charge in [-0.15, -0.1) is 0 Å². The van der Waals surface area contributed by atoms with E-state index >= 15 is 0 Å². The van der Waals surface area contributed by atoms with Crippen molar-refractivity contribution in [3.8, 4) is 0 Å². The maximum atomic E-state index is 13.9. The van der Waals surface area contributed by atoms with E-state index in [1.807, 2.05) is 64.4 Å². The van der Waals surface area contributed by atoms with Gasteiger partial charge in [0.1, 0.15) is 17.3 Å². The van der Waals surface area contributed by atoms with Crippen LogP contribution in [0.1, 0.15) is 102 Å². The SMILES string of the molecule is CC=NC(C)(CC)N(CCC(=O)OC)C(=O)C(=Cc1nc(CCNc2ccc(C(N)=NC(=O)OCCCCCC)cc2)n(C)c1C)CC. The molecule has 1 heterocycles. The fourth-order valence-electron chi connectivity index (χ4n) is 5.13.